The van der Waals surface area contributed by atoms with E-state index in [1.165, 1.54) is 35.0 Å². The predicted molar refractivity (Wildman–Crippen MR) is 95.3 cm³/mol. The second-order valence-electron chi connectivity index (χ2n) is 5.76. The summed E-state index contributed by atoms with van der Waals surface area (Å²) in [6.45, 7) is 2.18. The fraction of sp³-hybridized carbons (Fsp3) is 0.167. The van der Waals surface area contributed by atoms with E-state index in [-0.39, 0.29) is 15.8 Å². The zero-order chi connectivity index (χ0) is 19.1. The molecule has 8 heteroatoms. The lowest BCUT2D eigenvalue weighted by Gasteiger charge is -2.13. The van der Waals surface area contributed by atoms with Gasteiger partial charge in [-0.25, -0.2) is 17.2 Å². The lowest BCUT2D eigenvalue weighted by Crippen LogP contribution is -2.20. The average Bonchev–Trinajstić information content (AvgIpc) is 2.59. The SMILES string of the molecule is CCCn1cc(S(=O)(=O)c2ccc(Cl)cc2)c(=O)c2cc(F)c(F)cc21. The topological polar surface area (TPSA) is 56.1 Å². The van der Waals surface area contributed by atoms with Crippen LogP contribution in [0.2, 0.25) is 5.02 Å². The van der Waals surface area contributed by atoms with E-state index in [0.717, 1.165) is 12.1 Å². The highest BCUT2D eigenvalue weighted by atomic mass is 35.5. The smallest absolute Gasteiger partial charge is 0.211 e. The summed E-state index contributed by atoms with van der Waals surface area (Å²) < 4.78 is 54.5. The summed E-state index contributed by atoms with van der Waals surface area (Å²) in [5, 5.41) is 0.163. The van der Waals surface area contributed by atoms with Crippen LogP contribution >= 0.6 is 11.6 Å². The number of nitrogens with zero attached hydrogens (tertiary/aromatic N) is 1. The van der Waals surface area contributed by atoms with E-state index in [0.29, 0.717) is 18.0 Å². The Hall–Kier alpha value is -2.25. The third kappa shape index (κ3) is 3.12. The van der Waals surface area contributed by atoms with E-state index in [4.69, 9.17) is 11.6 Å². The number of rotatable bonds is 4. The minimum Gasteiger partial charge on any atom is -0.346 e. The van der Waals surface area contributed by atoms with Gasteiger partial charge in [0.2, 0.25) is 15.3 Å². The van der Waals surface area contributed by atoms with Gasteiger partial charge in [-0.2, -0.15) is 0 Å². The maximum absolute atomic E-state index is 13.7. The first kappa shape index (κ1) is 18.5. The van der Waals surface area contributed by atoms with E-state index in [1.807, 2.05) is 6.92 Å². The highest BCUT2D eigenvalue weighted by molar-refractivity contribution is 7.91. The van der Waals surface area contributed by atoms with E-state index >= 15 is 0 Å². The first-order chi connectivity index (χ1) is 12.3. The summed E-state index contributed by atoms with van der Waals surface area (Å²) in [5.41, 5.74) is -0.730. The molecule has 4 nitrogen and oxygen atoms in total. The van der Waals surface area contributed by atoms with Gasteiger partial charge in [-0.3, -0.25) is 4.79 Å². The second-order valence-corrected chi connectivity index (χ2v) is 8.11. The molecule has 0 radical (unpaired) electrons. The molecular weight excluding hydrogens is 384 g/mol. The van der Waals surface area contributed by atoms with Gasteiger partial charge in [-0.15, -0.1) is 0 Å². The van der Waals surface area contributed by atoms with Crippen LogP contribution in [-0.4, -0.2) is 13.0 Å². The van der Waals surface area contributed by atoms with E-state index < -0.39 is 31.8 Å². The van der Waals surface area contributed by atoms with Gasteiger partial charge in [0.1, 0.15) is 4.90 Å². The minimum absolute atomic E-state index is 0.107. The Kier molecular flexibility index (Phi) is 4.86. The van der Waals surface area contributed by atoms with Gasteiger partial charge in [0.15, 0.2) is 11.6 Å². The zero-order valence-electron chi connectivity index (χ0n) is 13.7. The molecule has 0 unspecified atom stereocenters. The van der Waals surface area contributed by atoms with Crippen LogP contribution in [0.1, 0.15) is 13.3 Å². The number of hydrogen-bond donors (Lipinski definition) is 0. The molecule has 0 amide bonds. The van der Waals surface area contributed by atoms with Crippen molar-refractivity contribution in [2.45, 2.75) is 29.7 Å². The van der Waals surface area contributed by atoms with Crippen molar-refractivity contribution in [3.8, 4) is 0 Å². The summed E-state index contributed by atoms with van der Waals surface area (Å²) in [6, 6.07) is 7.01. The van der Waals surface area contributed by atoms with E-state index in [1.54, 1.807) is 0 Å². The number of aryl methyl sites for hydroxylation is 1. The Balaban J connectivity index is 2.36. The monoisotopic (exact) mass is 397 g/mol. The van der Waals surface area contributed by atoms with Crippen LogP contribution in [0, 0.1) is 11.6 Å². The van der Waals surface area contributed by atoms with Crippen LogP contribution in [0.4, 0.5) is 8.78 Å². The minimum atomic E-state index is -4.15. The van der Waals surface area contributed by atoms with Gasteiger partial charge in [0, 0.05) is 23.8 Å². The van der Waals surface area contributed by atoms with Crippen molar-refractivity contribution in [3.63, 3.8) is 0 Å². The number of fused-ring (bicyclic) bond motifs is 1. The van der Waals surface area contributed by atoms with Gasteiger partial charge in [0.25, 0.3) is 0 Å². The molecular formula is C18H14ClF2NO3S. The maximum Gasteiger partial charge on any atom is 0.211 e. The number of aromatic nitrogens is 1. The Labute approximate surface area is 153 Å². The second kappa shape index (κ2) is 6.81. The quantitative estimate of drug-likeness (QED) is 0.663. The summed E-state index contributed by atoms with van der Waals surface area (Å²) in [7, 11) is -4.15. The van der Waals surface area contributed by atoms with Crippen molar-refractivity contribution in [2.75, 3.05) is 0 Å². The summed E-state index contributed by atoms with van der Waals surface area (Å²) in [4.78, 5) is 12.1. The van der Waals surface area contributed by atoms with Crippen molar-refractivity contribution >= 4 is 32.3 Å². The van der Waals surface area contributed by atoms with Crippen molar-refractivity contribution in [2.24, 2.45) is 0 Å². The standard InChI is InChI=1S/C18H14ClF2NO3S/c1-2-7-22-10-17(26(24,25)12-5-3-11(19)4-6-12)18(23)13-8-14(20)15(21)9-16(13)22/h3-6,8-10H,2,7H2,1H3. The summed E-state index contributed by atoms with van der Waals surface area (Å²) >= 11 is 5.78. The Morgan fingerprint density at radius 1 is 1.08 bits per heavy atom. The zero-order valence-corrected chi connectivity index (χ0v) is 15.2. The molecule has 0 spiro atoms. The Morgan fingerprint density at radius 3 is 2.31 bits per heavy atom. The third-order valence-electron chi connectivity index (χ3n) is 3.97. The molecule has 0 fully saturated rings. The first-order valence-electron chi connectivity index (χ1n) is 7.78. The predicted octanol–water partition coefficient (Wildman–Crippen LogP) is 4.18. The highest BCUT2D eigenvalue weighted by Crippen LogP contribution is 2.24. The number of halogens is 3. The molecule has 3 aromatic rings. The number of sulfone groups is 1. The molecule has 26 heavy (non-hydrogen) atoms. The molecule has 2 aromatic carbocycles. The molecule has 0 aliphatic rings. The van der Waals surface area contributed by atoms with Crippen molar-refractivity contribution < 1.29 is 17.2 Å². The fourth-order valence-electron chi connectivity index (χ4n) is 2.72. The molecule has 0 atom stereocenters. The molecule has 136 valence electrons. The largest absolute Gasteiger partial charge is 0.346 e. The molecule has 0 bridgehead atoms. The summed E-state index contributed by atoms with van der Waals surface area (Å²) in [5.74, 6) is -2.31. The molecule has 3 rings (SSSR count). The van der Waals surface area contributed by atoms with E-state index in [2.05, 4.69) is 0 Å². The summed E-state index contributed by atoms with van der Waals surface area (Å²) in [6.07, 6.45) is 1.78. The highest BCUT2D eigenvalue weighted by Gasteiger charge is 2.24. The number of hydrogen-bond acceptors (Lipinski definition) is 3. The maximum atomic E-state index is 13.7. The molecule has 1 aromatic heterocycles. The lowest BCUT2D eigenvalue weighted by molar-refractivity contribution is 0.509. The van der Waals surface area contributed by atoms with Crippen LogP contribution in [0.15, 0.2) is 57.2 Å². The van der Waals surface area contributed by atoms with E-state index in [9.17, 15) is 22.0 Å². The number of pyridine rings is 1. The van der Waals surface area contributed by atoms with Gasteiger partial charge >= 0.3 is 0 Å². The third-order valence-corrected chi connectivity index (χ3v) is 5.98. The molecule has 0 saturated heterocycles. The van der Waals surface area contributed by atoms with Crippen LogP contribution in [0.5, 0.6) is 0 Å². The normalized spacial score (nSPS) is 11.8. The Bertz CT molecular complexity index is 1160. The van der Waals surface area contributed by atoms with Crippen LogP contribution in [-0.2, 0) is 16.4 Å². The number of benzene rings is 2. The van der Waals surface area contributed by atoms with Gasteiger partial charge in [-0.05, 0) is 36.8 Å². The fourth-order valence-corrected chi connectivity index (χ4v) is 4.21. The molecule has 0 N–H and O–H groups in total. The van der Waals surface area contributed by atoms with Gasteiger partial charge in [0.05, 0.1) is 15.8 Å². The van der Waals surface area contributed by atoms with Gasteiger partial charge < -0.3 is 4.57 Å². The first-order valence-corrected chi connectivity index (χ1v) is 9.64. The van der Waals surface area contributed by atoms with Gasteiger partial charge in [-0.1, -0.05) is 18.5 Å². The molecule has 0 aliphatic carbocycles. The van der Waals surface area contributed by atoms with Crippen LogP contribution < -0.4 is 5.43 Å². The van der Waals surface area contributed by atoms with Crippen LogP contribution in [0.25, 0.3) is 10.9 Å². The van der Waals surface area contributed by atoms with Crippen molar-refractivity contribution in [3.05, 3.63) is 69.5 Å². The molecule has 1 heterocycles. The average molecular weight is 398 g/mol. The Morgan fingerprint density at radius 2 is 1.69 bits per heavy atom. The van der Waals surface area contributed by atoms with Crippen LogP contribution in [0.3, 0.4) is 0 Å². The molecule has 0 aliphatic heterocycles. The lowest BCUT2D eigenvalue weighted by atomic mass is 10.2. The molecule has 0 saturated carbocycles. The van der Waals surface area contributed by atoms with Crippen molar-refractivity contribution in [1.29, 1.82) is 0 Å². The van der Waals surface area contributed by atoms with Crippen molar-refractivity contribution in [1.82, 2.24) is 4.57 Å².